The van der Waals surface area contributed by atoms with E-state index in [1.807, 2.05) is 23.1 Å². The van der Waals surface area contributed by atoms with E-state index in [1.54, 1.807) is 6.92 Å². The average Bonchev–Trinajstić information content (AvgIpc) is 3.37. The number of fused-ring (bicyclic) bond motifs is 1. The normalized spacial score (nSPS) is 34.7. The van der Waals surface area contributed by atoms with Gasteiger partial charge in [-0.3, -0.25) is 9.48 Å². The number of carbonyl (C=O) groups excluding carboxylic acids is 1. The number of nitrogens with zero attached hydrogens (tertiary/aromatic N) is 2. The standard InChI is InChI=1S/C24H31N3O2/c1-16(28)26-22-23(2,3)19-13-20-21(29-12-9-24(20,22)14-19)18-7-5-17(6-8-18)15-27-11-4-10-25-27/h4-8,10-11,19-22H,9,12-15H2,1-3H3,(H,26,28)/t19-,20-,21-,22+,24?/m1/s1. The van der Waals surface area contributed by atoms with E-state index >= 15 is 0 Å². The molecule has 1 aliphatic heterocycles. The summed E-state index contributed by atoms with van der Waals surface area (Å²) < 4.78 is 8.30. The third-order valence-electron chi connectivity index (χ3n) is 8.06. The fourth-order valence-corrected chi connectivity index (χ4v) is 6.71. The molecule has 29 heavy (non-hydrogen) atoms. The van der Waals surface area contributed by atoms with Crippen molar-refractivity contribution >= 4 is 5.91 Å². The van der Waals surface area contributed by atoms with Crippen molar-refractivity contribution in [2.24, 2.45) is 22.7 Å². The van der Waals surface area contributed by atoms with Gasteiger partial charge in [0.15, 0.2) is 0 Å². The molecule has 2 bridgehead atoms. The van der Waals surface area contributed by atoms with Crippen molar-refractivity contribution in [1.29, 1.82) is 0 Å². The zero-order chi connectivity index (χ0) is 20.2. The molecule has 5 atom stereocenters. The van der Waals surface area contributed by atoms with Crippen LogP contribution in [0.4, 0.5) is 0 Å². The summed E-state index contributed by atoms with van der Waals surface area (Å²) in [6, 6.07) is 11.0. The van der Waals surface area contributed by atoms with Crippen molar-refractivity contribution in [2.45, 2.75) is 58.7 Å². The molecule has 1 N–H and O–H groups in total. The summed E-state index contributed by atoms with van der Waals surface area (Å²) in [6.07, 6.45) is 7.39. The molecule has 2 saturated carbocycles. The van der Waals surface area contributed by atoms with Crippen LogP contribution < -0.4 is 5.32 Å². The molecule has 1 amide bonds. The van der Waals surface area contributed by atoms with E-state index in [9.17, 15) is 4.79 Å². The van der Waals surface area contributed by atoms with E-state index in [1.165, 1.54) is 24.0 Å². The highest BCUT2D eigenvalue weighted by atomic mass is 16.5. The lowest BCUT2D eigenvalue weighted by atomic mass is 9.59. The van der Waals surface area contributed by atoms with E-state index in [0.717, 1.165) is 19.6 Å². The highest BCUT2D eigenvalue weighted by Gasteiger charge is 2.68. The summed E-state index contributed by atoms with van der Waals surface area (Å²) in [6.45, 7) is 7.90. The van der Waals surface area contributed by atoms with Crippen molar-refractivity contribution < 1.29 is 9.53 Å². The van der Waals surface area contributed by atoms with Crippen molar-refractivity contribution in [2.75, 3.05) is 6.61 Å². The summed E-state index contributed by atoms with van der Waals surface area (Å²) in [4.78, 5) is 12.0. The van der Waals surface area contributed by atoms with Crippen LogP contribution in [0.3, 0.4) is 0 Å². The molecular formula is C24H31N3O2. The second kappa shape index (κ2) is 6.69. The van der Waals surface area contributed by atoms with Gasteiger partial charge < -0.3 is 10.1 Å². The van der Waals surface area contributed by atoms with E-state index < -0.39 is 0 Å². The third-order valence-corrected chi connectivity index (χ3v) is 8.06. The molecule has 154 valence electrons. The minimum absolute atomic E-state index is 0.0924. The maximum absolute atomic E-state index is 12.0. The van der Waals surface area contributed by atoms with Gasteiger partial charge in [-0.25, -0.2) is 0 Å². The first-order valence-electron chi connectivity index (χ1n) is 10.8. The quantitative estimate of drug-likeness (QED) is 0.856. The number of hydrogen-bond acceptors (Lipinski definition) is 3. The Morgan fingerprint density at radius 3 is 2.79 bits per heavy atom. The summed E-state index contributed by atoms with van der Waals surface area (Å²) >= 11 is 0. The summed E-state index contributed by atoms with van der Waals surface area (Å²) in [7, 11) is 0. The van der Waals surface area contributed by atoms with Gasteiger partial charge in [0, 0.05) is 32.0 Å². The van der Waals surface area contributed by atoms with E-state index in [4.69, 9.17) is 4.74 Å². The van der Waals surface area contributed by atoms with Crippen molar-refractivity contribution in [1.82, 2.24) is 15.1 Å². The van der Waals surface area contributed by atoms with Gasteiger partial charge in [-0.05, 0) is 59.1 Å². The first-order valence-corrected chi connectivity index (χ1v) is 10.8. The van der Waals surface area contributed by atoms with Gasteiger partial charge in [0.05, 0.1) is 12.6 Å². The zero-order valence-corrected chi connectivity index (χ0v) is 17.6. The molecule has 1 unspecified atom stereocenters. The molecule has 2 aliphatic carbocycles. The van der Waals surface area contributed by atoms with Gasteiger partial charge in [-0.2, -0.15) is 5.10 Å². The van der Waals surface area contributed by atoms with Crippen molar-refractivity contribution in [3.8, 4) is 0 Å². The Hall–Kier alpha value is -2.14. The van der Waals surface area contributed by atoms with Gasteiger partial charge in [-0.1, -0.05) is 38.1 Å². The molecule has 3 aliphatic rings. The van der Waals surface area contributed by atoms with Gasteiger partial charge in [0.1, 0.15) is 0 Å². The molecular weight excluding hydrogens is 362 g/mol. The highest BCUT2D eigenvalue weighted by molar-refractivity contribution is 5.73. The largest absolute Gasteiger partial charge is 0.373 e. The molecule has 1 saturated heterocycles. The highest BCUT2D eigenvalue weighted by Crippen LogP contribution is 2.70. The molecule has 2 heterocycles. The van der Waals surface area contributed by atoms with Crippen LogP contribution in [0.5, 0.6) is 0 Å². The second-order valence-electron chi connectivity index (χ2n) is 9.92. The fourth-order valence-electron chi connectivity index (χ4n) is 6.71. The molecule has 5 nitrogen and oxygen atoms in total. The zero-order valence-electron chi connectivity index (χ0n) is 17.6. The van der Waals surface area contributed by atoms with Crippen molar-refractivity contribution in [3.05, 3.63) is 53.9 Å². The molecule has 0 radical (unpaired) electrons. The molecule has 5 rings (SSSR count). The number of benzene rings is 1. The van der Waals surface area contributed by atoms with E-state index in [0.29, 0.717) is 11.8 Å². The topological polar surface area (TPSA) is 56.2 Å². The molecule has 1 aromatic carbocycles. The third kappa shape index (κ3) is 2.93. The Balaban J connectivity index is 1.41. The van der Waals surface area contributed by atoms with Gasteiger partial charge >= 0.3 is 0 Å². The van der Waals surface area contributed by atoms with Crippen LogP contribution in [0.1, 0.15) is 57.3 Å². The Morgan fingerprint density at radius 1 is 1.31 bits per heavy atom. The Morgan fingerprint density at radius 2 is 2.10 bits per heavy atom. The Kier molecular flexibility index (Phi) is 4.35. The maximum atomic E-state index is 12.0. The minimum atomic E-state index is 0.0924. The summed E-state index contributed by atoms with van der Waals surface area (Å²) in [5.41, 5.74) is 2.83. The lowest BCUT2D eigenvalue weighted by Crippen LogP contribution is -2.58. The number of amides is 1. The molecule has 1 aromatic heterocycles. The van der Waals surface area contributed by atoms with Crippen LogP contribution in [0.2, 0.25) is 0 Å². The number of ether oxygens (including phenoxy) is 1. The smallest absolute Gasteiger partial charge is 0.217 e. The molecule has 1 spiro atoms. The first-order chi connectivity index (χ1) is 13.9. The minimum Gasteiger partial charge on any atom is -0.373 e. The SMILES string of the molecule is CC(=O)N[C@H]1C(C)(C)[C@@H]2C[C@@H]3[C@@H](c4ccc(Cn5cccn5)cc4)OCCC31C2. The van der Waals surface area contributed by atoms with Crippen LogP contribution >= 0.6 is 0 Å². The summed E-state index contributed by atoms with van der Waals surface area (Å²) in [5.74, 6) is 1.21. The van der Waals surface area contributed by atoms with Crippen molar-refractivity contribution in [3.63, 3.8) is 0 Å². The van der Waals surface area contributed by atoms with Crippen LogP contribution in [0.15, 0.2) is 42.7 Å². The van der Waals surface area contributed by atoms with Crippen LogP contribution in [0, 0.1) is 22.7 Å². The summed E-state index contributed by atoms with van der Waals surface area (Å²) in [5, 5.41) is 7.65. The monoisotopic (exact) mass is 393 g/mol. The fraction of sp³-hybridized carbons (Fsp3) is 0.583. The van der Waals surface area contributed by atoms with Crippen LogP contribution in [-0.4, -0.2) is 28.3 Å². The van der Waals surface area contributed by atoms with Crippen LogP contribution in [-0.2, 0) is 16.1 Å². The number of carbonyl (C=O) groups is 1. The Bertz CT molecular complexity index is 889. The maximum Gasteiger partial charge on any atom is 0.217 e. The average molecular weight is 394 g/mol. The molecule has 2 aromatic rings. The molecule has 3 fully saturated rings. The van der Waals surface area contributed by atoms with Gasteiger partial charge in [0.25, 0.3) is 0 Å². The predicted molar refractivity (Wildman–Crippen MR) is 111 cm³/mol. The lowest BCUT2D eigenvalue weighted by molar-refractivity contribution is -0.136. The number of rotatable bonds is 4. The van der Waals surface area contributed by atoms with E-state index in [-0.39, 0.29) is 28.9 Å². The Labute approximate surface area is 172 Å². The number of hydrogen-bond donors (Lipinski definition) is 1. The van der Waals surface area contributed by atoms with E-state index in [2.05, 4.69) is 48.5 Å². The van der Waals surface area contributed by atoms with Gasteiger partial charge in [-0.15, -0.1) is 0 Å². The molecule has 5 heteroatoms. The number of nitrogens with one attached hydrogen (secondary N) is 1. The predicted octanol–water partition coefficient (Wildman–Crippen LogP) is 3.95. The van der Waals surface area contributed by atoms with Crippen LogP contribution in [0.25, 0.3) is 0 Å². The lowest BCUT2D eigenvalue weighted by Gasteiger charge is -2.53. The number of aromatic nitrogens is 2. The van der Waals surface area contributed by atoms with Gasteiger partial charge in [0.2, 0.25) is 5.91 Å². The second-order valence-corrected chi connectivity index (χ2v) is 9.92. The first kappa shape index (κ1) is 18.9.